The van der Waals surface area contributed by atoms with Crippen molar-refractivity contribution in [3.8, 4) is 0 Å². The number of benzene rings is 1. The summed E-state index contributed by atoms with van der Waals surface area (Å²) in [5, 5.41) is 3.54. The third-order valence-corrected chi connectivity index (χ3v) is 4.31. The van der Waals surface area contributed by atoms with E-state index in [1.165, 1.54) is 24.0 Å². The Morgan fingerprint density at radius 3 is 2.47 bits per heavy atom. The Hall–Kier alpha value is -0.820. The smallest absolute Gasteiger partial charge is 0.00829 e. The topological polar surface area (TPSA) is 12.0 Å². The summed E-state index contributed by atoms with van der Waals surface area (Å²) in [6.07, 6.45) is 2.67. The van der Waals surface area contributed by atoms with Crippen LogP contribution in [0.3, 0.4) is 0 Å². The van der Waals surface area contributed by atoms with Gasteiger partial charge in [-0.1, -0.05) is 32.0 Å². The molecule has 0 atom stereocenters. The lowest BCUT2D eigenvalue weighted by Crippen LogP contribution is -2.47. The third-order valence-electron chi connectivity index (χ3n) is 4.31. The largest absolute Gasteiger partial charge is 0.316 e. The summed E-state index contributed by atoms with van der Waals surface area (Å²) in [5.74, 6) is 0.885. The molecule has 0 spiro atoms. The molecule has 0 aliphatic heterocycles. The zero-order chi connectivity index (χ0) is 12.5. The van der Waals surface area contributed by atoms with Crippen LogP contribution in [0.5, 0.6) is 0 Å². The molecule has 1 fully saturated rings. The van der Waals surface area contributed by atoms with Gasteiger partial charge in [-0.05, 0) is 55.8 Å². The number of nitrogens with one attached hydrogen (secondary N) is 1. The summed E-state index contributed by atoms with van der Waals surface area (Å²) in [5.41, 5.74) is 4.78. The molecular weight excluding hydrogens is 206 g/mol. The Bertz CT molecular complexity index is 389. The van der Waals surface area contributed by atoms with E-state index < -0.39 is 0 Å². The van der Waals surface area contributed by atoms with E-state index in [1.807, 2.05) is 0 Å². The normalized spacial score (nSPS) is 27.9. The quantitative estimate of drug-likeness (QED) is 0.835. The molecule has 1 heteroatoms. The lowest BCUT2D eigenvalue weighted by atomic mass is 9.59. The second-order valence-electron chi connectivity index (χ2n) is 5.87. The van der Waals surface area contributed by atoms with Gasteiger partial charge in [-0.3, -0.25) is 0 Å². The minimum absolute atomic E-state index is 0.411. The highest BCUT2D eigenvalue weighted by molar-refractivity contribution is 5.36. The van der Waals surface area contributed by atoms with Gasteiger partial charge in [-0.25, -0.2) is 0 Å². The van der Waals surface area contributed by atoms with Gasteiger partial charge < -0.3 is 5.32 Å². The van der Waals surface area contributed by atoms with Crippen LogP contribution in [0.4, 0.5) is 0 Å². The Labute approximate surface area is 106 Å². The maximum absolute atomic E-state index is 3.54. The third kappa shape index (κ3) is 2.40. The highest BCUT2D eigenvalue weighted by atomic mass is 14.9. The molecule has 1 nitrogen and oxygen atoms in total. The maximum atomic E-state index is 3.54. The molecule has 1 saturated carbocycles. The van der Waals surface area contributed by atoms with Gasteiger partial charge in [0.05, 0.1) is 0 Å². The van der Waals surface area contributed by atoms with Crippen LogP contribution in [-0.2, 0) is 5.41 Å². The van der Waals surface area contributed by atoms with Gasteiger partial charge in [0.1, 0.15) is 0 Å². The molecule has 0 bridgehead atoms. The summed E-state index contributed by atoms with van der Waals surface area (Å²) in [4.78, 5) is 0. The van der Waals surface area contributed by atoms with E-state index in [0.29, 0.717) is 5.41 Å². The first-order valence-corrected chi connectivity index (χ1v) is 6.86. The van der Waals surface area contributed by atoms with Crippen molar-refractivity contribution in [2.75, 3.05) is 13.1 Å². The van der Waals surface area contributed by atoms with Crippen molar-refractivity contribution in [2.45, 2.75) is 46.0 Å². The molecule has 17 heavy (non-hydrogen) atoms. The fourth-order valence-corrected chi connectivity index (χ4v) is 3.19. The second kappa shape index (κ2) is 4.81. The van der Waals surface area contributed by atoms with Gasteiger partial charge >= 0.3 is 0 Å². The summed E-state index contributed by atoms with van der Waals surface area (Å²) in [7, 11) is 0. The maximum Gasteiger partial charge on any atom is 0.00829 e. The minimum atomic E-state index is 0.411. The van der Waals surface area contributed by atoms with Crippen LogP contribution in [0.1, 0.15) is 43.4 Å². The Kier molecular flexibility index (Phi) is 3.58. The summed E-state index contributed by atoms with van der Waals surface area (Å²) < 4.78 is 0. The van der Waals surface area contributed by atoms with E-state index in [2.05, 4.69) is 51.2 Å². The van der Waals surface area contributed by atoms with Crippen molar-refractivity contribution < 1.29 is 0 Å². The van der Waals surface area contributed by atoms with Crippen LogP contribution in [0.25, 0.3) is 0 Å². The van der Waals surface area contributed by atoms with E-state index in [1.54, 1.807) is 5.56 Å². The van der Waals surface area contributed by atoms with Crippen LogP contribution in [0, 0.1) is 19.8 Å². The first-order chi connectivity index (χ1) is 8.07. The van der Waals surface area contributed by atoms with Crippen molar-refractivity contribution in [2.24, 2.45) is 5.92 Å². The van der Waals surface area contributed by atoms with Crippen molar-refractivity contribution in [1.29, 1.82) is 0 Å². The van der Waals surface area contributed by atoms with Gasteiger partial charge in [-0.15, -0.1) is 0 Å². The van der Waals surface area contributed by atoms with Crippen LogP contribution in [0.2, 0.25) is 0 Å². The van der Waals surface area contributed by atoms with Gasteiger partial charge in [0.15, 0.2) is 0 Å². The van der Waals surface area contributed by atoms with Crippen molar-refractivity contribution in [1.82, 2.24) is 5.32 Å². The first kappa shape index (κ1) is 12.6. The molecule has 1 N–H and O–H groups in total. The molecule has 0 unspecified atom stereocenters. The Morgan fingerprint density at radius 1 is 1.24 bits per heavy atom. The van der Waals surface area contributed by atoms with Crippen LogP contribution in [-0.4, -0.2) is 13.1 Å². The number of aryl methyl sites for hydroxylation is 2. The lowest BCUT2D eigenvalue weighted by molar-refractivity contribution is 0.153. The lowest BCUT2D eigenvalue weighted by Gasteiger charge is -2.47. The standard InChI is InChI=1S/C16H25N/c1-5-17-11-16(9-12(2)10-16)15-7-6-13(3)14(4)8-15/h6-8,12,17H,5,9-11H2,1-4H3. The molecule has 0 radical (unpaired) electrons. The molecule has 0 heterocycles. The van der Waals surface area contributed by atoms with Crippen molar-refractivity contribution >= 4 is 0 Å². The highest BCUT2D eigenvalue weighted by Crippen LogP contribution is 2.47. The van der Waals surface area contributed by atoms with Gasteiger partial charge in [0, 0.05) is 12.0 Å². The SMILES string of the molecule is CCNCC1(c2ccc(C)c(C)c2)CC(C)C1. The molecular formula is C16H25N. The fraction of sp³-hybridized carbons (Fsp3) is 0.625. The molecule has 0 aromatic heterocycles. The van der Waals surface area contributed by atoms with Gasteiger partial charge in [0.25, 0.3) is 0 Å². The number of hydrogen-bond donors (Lipinski definition) is 1. The second-order valence-corrected chi connectivity index (χ2v) is 5.87. The Balaban J connectivity index is 2.23. The van der Waals surface area contributed by atoms with E-state index in [4.69, 9.17) is 0 Å². The van der Waals surface area contributed by atoms with E-state index in [9.17, 15) is 0 Å². The molecule has 94 valence electrons. The first-order valence-electron chi connectivity index (χ1n) is 6.86. The molecule has 0 amide bonds. The number of likely N-dealkylation sites (N-methyl/N-ethyl adjacent to an activating group) is 1. The molecule has 1 aromatic carbocycles. The summed E-state index contributed by atoms with van der Waals surface area (Å²) in [6.45, 7) is 11.2. The van der Waals surface area contributed by atoms with Crippen LogP contribution < -0.4 is 5.32 Å². The predicted octanol–water partition coefficient (Wildman–Crippen LogP) is 3.58. The molecule has 1 aromatic rings. The zero-order valence-electron chi connectivity index (χ0n) is 11.6. The predicted molar refractivity (Wildman–Crippen MR) is 74.5 cm³/mol. The highest BCUT2D eigenvalue weighted by Gasteiger charge is 2.42. The Morgan fingerprint density at radius 2 is 1.94 bits per heavy atom. The zero-order valence-corrected chi connectivity index (χ0v) is 11.6. The molecule has 2 rings (SSSR count). The van der Waals surface area contributed by atoms with Crippen LogP contribution in [0.15, 0.2) is 18.2 Å². The molecule has 1 aliphatic carbocycles. The number of rotatable bonds is 4. The van der Waals surface area contributed by atoms with Gasteiger partial charge in [-0.2, -0.15) is 0 Å². The number of hydrogen-bond acceptors (Lipinski definition) is 1. The van der Waals surface area contributed by atoms with E-state index >= 15 is 0 Å². The van der Waals surface area contributed by atoms with E-state index in [-0.39, 0.29) is 0 Å². The summed E-state index contributed by atoms with van der Waals surface area (Å²) >= 11 is 0. The minimum Gasteiger partial charge on any atom is -0.316 e. The average Bonchev–Trinajstić information content (AvgIpc) is 2.26. The van der Waals surface area contributed by atoms with Crippen molar-refractivity contribution in [3.05, 3.63) is 34.9 Å². The molecule has 0 saturated heterocycles. The molecule has 1 aliphatic rings. The van der Waals surface area contributed by atoms with E-state index in [0.717, 1.165) is 19.0 Å². The monoisotopic (exact) mass is 231 g/mol. The average molecular weight is 231 g/mol. The summed E-state index contributed by atoms with van der Waals surface area (Å²) in [6, 6.07) is 7.02. The van der Waals surface area contributed by atoms with Crippen LogP contribution >= 0.6 is 0 Å². The van der Waals surface area contributed by atoms with Gasteiger partial charge in [0.2, 0.25) is 0 Å². The van der Waals surface area contributed by atoms with Crippen molar-refractivity contribution in [3.63, 3.8) is 0 Å². The fourth-order valence-electron chi connectivity index (χ4n) is 3.19.